The van der Waals surface area contributed by atoms with E-state index in [-0.39, 0.29) is 11.8 Å². The summed E-state index contributed by atoms with van der Waals surface area (Å²) in [4.78, 5) is 15.4. The molecule has 1 aliphatic rings. The highest BCUT2D eigenvalue weighted by Crippen LogP contribution is 2.25. The SMILES string of the molecule is CN(/N=C/c1ccc(-c2nnc(C(F)F)o2)cc1)C(=O)[C@H](c1ccccc1)N1CCOCC1. The van der Waals surface area contributed by atoms with Crippen LogP contribution in [-0.2, 0) is 9.53 Å². The van der Waals surface area contributed by atoms with E-state index in [4.69, 9.17) is 9.15 Å². The zero-order valence-electron chi connectivity index (χ0n) is 18.0. The zero-order valence-corrected chi connectivity index (χ0v) is 18.0. The maximum absolute atomic E-state index is 13.3. The van der Waals surface area contributed by atoms with Crippen LogP contribution >= 0.6 is 0 Å². The molecule has 1 fully saturated rings. The summed E-state index contributed by atoms with van der Waals surface area (Å²) in [7, 11) is 1.62. The molecule has 3 aromatic rings. The molecular formula is C23H23F2N5O3. The molecule has 1 saturated heterocycles. The first-order valence-electron chi connectivity index (χ1n) is 10.4. The maximum atomic E-state index is 13.3. The fourth-order valence-electron chi connectivity index (χ4n) is 3.52. The van der Waals surface area contributed by atoms with E-state index in [2.05, 4.69) is 20.2 Å². The van der Waals surface area contributed by atoms with Gasteiger partial charge in [-0.2, -0.15) is 13.9 Å². The van der Waals surface area contributed by atoms with Crippen LogP contribution in [0.2, 0.25) is 0 Å². The van der Waals surface area contributed by atoms with E-state index in [9.17, 15) is 13.6 Å². The number of hydrazone groups is 1. The van der Waals surface area contributed by atoms with Crippen molar-refractivity contribution < 1.29 is 22.7 Å². The first-order valence-corrected chi connectivity index (χ1v) is 10.4. The number of carbonyl (C=O) groups is 1. The topological polar surface area (TPSA) is 84.1 Å². The van der Waals surface area contributed by atoms with Crippen LogP contribution in [0.25, 0.3) is 11.5 Å². The number of amides is 1. The second-order valence-corrected chi connectivity index (χ2v) is 7.44. The molecule has 1 atom stereocenters. The monoisotopic (exact) mass is 455 g/mol. The molecule has 0 radical (unpaired) electrons. The molecule has 33 heavy (non-hydrogen) atoms. The number of likely N-dealkylation sites (N-methyl/N-ethyl adjacent to an activating group) is 1. The van der Waals surface area contributed by atoms with Crippen LogP contribution in [0.4, 0.5) is 8.78 Å². The van der Waals surface area contributed by atoms with Crippen molar-refractivity contribution in [1.29, 1.82) is 0 Å². The summed E-state index contributed by atoms with van der Waals surface area (Å²) < 4.78 is 35.7. The number of alkyl halides is 2. The number of aromatic nitrogens is 2. The molecule has 1 aliphatic heterocycles. The Balaban J connectivity index is 1.46. The zero-order chi connectivity index (χ0) is 23.2. The molecule has 4 rings (SSSR count). The van der Waals surface area contributed by atoms with Gasteiger partial charge in [0.25, 0.3) is 11.8 Å². The molecule has 0 saturated carbocycles. The van der Waals surface area contributed by atoms with Gasteiger partial charge < -0.3 is 9.15 Å². The van der Waals surface area contributed by atoms with Gasteiger partial charge in [-0.05, 0) is 23.3 Å². The third kappa shape index (κ3) is 5.47. The van der Waals surface area contributed by atoms with Gasteiger partial charge in [-0.25, -0.2) is 5.01 Å². The van der Waals surface area contributed by atoms with Crippen molar-refractivity contribution in [1.82, 2.24) is 20.1 Å². The van der Waals surface area contributed by atoms with Gasteiger partial charge in [-0.3, -0.25) is 9.69 Å². The van der Waals surface area contributed by atoms with Crippen molar-refractivity contribution in [2.75, 3.05) is 33.4 Å². The smallest absolute Gasteiger partial charge is 0.314 e. The van der Waals surface area contributed by atoms with Gasteiger partial charge in [0.15, 0.2) is 0 Å². The minimum absolute atomic E-state index is 0.0114. The van der Waals surface area contributed by atoms with Crippen LogP contribution in [0.5, 0.6) is 0 Å². The average Bonchev–Trinajstić information content (AvgIpc) is 3.35. The van der Waals surface area contributed by atoms with Gasteiger partial charge in [0.2, 0.25) is 5.89 Å². The lowest BCUT2D eigenvalue weighted by molar-refractivity contribution is -0.137. The second kappa shape index (κ2) is 10.4. The predicted molar refractivity (Wildman–Crippen MR) is 117 cm³/mol. The third-order valence-electron chi connectivity index (χ3n) is 5.24. The Morgan fingerprint density at radius 2 is 1.79 bits per heavy atom. The molecule has 0 spiro atoms. The van der Waals surface area contributed by atoms with E-state index in [1.54, 1.807) is 37.5 Å². The molecule has 0 bridgehead atoms. The lowest BCUT2D eigenvalue weighted by Crippen LogP contribution is -2.45. The Bertz CT molecular complexity index is 1080. The number of hydrogen-bond donors (Lipinski definition) is 0. The molecule has 172 valence electrons. The summed E-state index contributed by atoms with van der Waals surface area (Å²) in [6.45, 7) is 2.48. The standard InChI is InChI=1S/C23H23F2N5O3/c1-29(23(31)19(17-5-3-2-4-6-17)30-11-13-32-14-12-30)26-15-16-7-9-18(10-8-16)21-27-28-22(33-21)20(24)25/h2-10,15,19-20H,11-14H2,1H3/b26-15+/t19-/m0/s1. The van der Waals surface area contributed by atoms with E-state index in [1.165, 1.54) is 5.01 Å². The number of hydrogen-bond acceptors (Lipinski definition) is 7. The Hall–Kier alpha value is -3.50. The molecular weight excluding hydrogens is 432 g/mol. The van der Waals surface area contributed by atoms with Crippen molar-refractivity contribution in [2.45, 2.75) is 12.5 Å². The van der Waals surface area contributed by atoms with E-state index in [0.717, 1.165) is 11.1 Å². The van der Waals surface area contributed by atoms with Crippen LogP contribution in [0.15, 0.2) is 64.1 Å². The highest BCUT2D eigenvalue weighted by molar-refractivity contribution is 5.86. The predicted octanol–water partition coefficient (Wildman–Crippen LogP) is 3.54. The summed E-state index contributed by atoms with van der Waals surface area (Å²) in [6.07, 6.45) is -1.26. The van der Waals surface area contributed by atoms with Gasteiger partial charge in [-0.1, -0.05) is 42.5 Å². The molecule has 1 amide bonds. The van der Waals surface area contributed by atoms with E-state index < -0.39 is 18.4 Å². The van der Waals surface area contributed by atoms with Gasteiger partial charge in [-0.15, -0.1) is 10.2 Å². The first-order chi connectivity index (χ1) is 16.0. The van der Waals surface area contributed by atoms with E-state index in [0.29, 0.717) is 31.9 Å². The van der Waals surface area contributed by atoms with Crippen LogP contribution in [0.3, 0.4) is 0 Å². The Morgan fingerprint density at radius 1 is 1.09 bits per heavy atom. The third-order valence-corrected chi connectivity index (χ3v) is 5.24. The van der Waals surface area contributed by atoms with Crippen molar-refractivity contribution in [3.05, 3.63) is 71.6 Å². The van der Waals surface area contributed by atoms with E-state index in [1.807, 2.05) is 30.3 Å². The largest absolute Gasteiger partial charge is 0.415 e. The van der Waals surface area contributed by atoms with Gasteiger partial charge >= 0.3 is 6.43 Å². The normalized spacial score (nSPS) is 15.8. The summed E-state index contributed by atoms with van der Waals surface area (Å²) in [6, 6.07) is 15.9. The number of benzene rings is 2. The molecule has 8 nitrogen and oxygen atoms in total. The maximum Gasteiger partial charge on any atom is 0.314 e. The number of nitrogens with zero attached hydrogens (tertiary/aromatic N) is 5. The number of carbonyl (C=O) groups excluding carboxylic acids is 1. The van der Waals surface area contributed by atoms with Gasteiger partial charge in [0, 0.05) is 25.7 Å². The number of halogens is 2. The van der Waals surface area contributed by atoms with Crippen LogP contribution in [0.1, 0.15) is 29.5 Å². The minimum atomic E-state index is -2.82. The minimum Gasteiger partial charge on any atom is -0.415 e. The fourth-order valence-corrected chi connectivity index (χ4v) is 3.52. The molecule has 10 heteroatoms. The Labute approximate surface area is 189 Å². The average molecular weight is 455 g/mol. The molecule has 2 aromatic carbocycles. The van der Waals surface area contributed by atoms with Crippen LogP contribution in [0, 0.1) is 0 Å². The summed E-state index contributed by atoms with van der Waals surface area (Å²) in [5.41, 5.74) is 2.13. The number of morpholine rings is 1. The summed E-state index contributed by atoms with van der Waals surface area (Å²) in [5, 5.41) is 12.6. The second-order valence-electron chi connectivity index (χ2n) is 7.44. The quantitative estimate of drug-likeness (QED) is 0.400. The number of ether oxygens (including phenoxy) is 1. The van der Waals surface area contributed by atoms with Crippen LogP contribution < -0.4 is 0 Å². The number of rotatable bonds is 7. The van der Waals surface area contributed by atoms with Crippen molar-refractivity contribution in [2.24, 2.45) is 5.10 Å². The summed E-state index contributed by atoms with van der Waals surface area (Å²) >= 11 is 0. The van der Waals surface area contributed by atoms with Gasteiger partial charge in [0.1, 0.15) is 6.04 Å². The lowest BCUT2D eigenvalue weighted by Gasteiger charge is -2.34. The lowest BCUT2D eigenvalue weighted by atomic mass is 10.0. The first kappa shape index (κ1) is 22.7. The highest BCUT2D eigenvalue weighted by atomic mass is 19.3. The fraction of sp³-hybridized carbons (Fsp3) is 0.304. The Kier molecular flexibility index (Phi) is 7.16. The molecule has 1 aromatic heterocycles. The van der Waals surface area contributed by atoms with Gasteiger partial charge in [0.05, 0.1) is 19.4 Å². The molecule has 0 unspecified atom stereocenters. The van der Waals surface area contributed by atoms with Crippen molar-refractivity contribution in [3.63, 3.8) is 0 Å². The highest BCUT2D eigenvalue weighted by Gasteiger charge is 2.31. The Morgan fingerprint density at radius 3 is 2.42 bits per heavy atom. The molecule has 2 heterocycles. The summed E-state index contributed by atoms with van der Waals surface area (Å²) in [5.74, 6) is -0.859. The van der Waals surface area contributed by atoms with E-state index >= 15 is 0 Å². The molecule has 0 N–H and O–H groups in total. The van der Waals surface area contributed by atoms with Crippen molar-refractivity contribution >= 4 is 12.1 Å². The molecule has 0 aliphatic carbocycles. The van der Waals surface area contributed by atoms with Crippen LogP contribution in [-0.4, -0.2) is 65.6 Å². The van der Waals surface area contributed by atoms with Crippen molar-refractivity contribution in [3.8, 4) is 11.5 Å².